The summed E-state index contributed by atoms with van der Waals surface area (Å²) >= 11 is 18.1. The Balaban J connectivity index is 1.91. The predicted molar refractivity (Wildman–Crippen MR) is 103 cm³/mol. The molecule has 2 aromatic rings. The Labute approximate surface area is 161 Å². The Hall–Kier alpha value is -1.62. The van der Waals surface area contributed by atoms with Crippen molar-refractivity contribution >= 4 is 46.5 Å². The zero-order valence-electron chi connectivity index (χ0n) is 13.8. The van der Waals surface area contributed by atoms with Crippen molar-refractivity contribution in [3.63, 3.8) is 0 Å². The molecule has 2 rings (SSSR count). The highest BCUT2D eigenvalue weighted by atomic mass is 35.5. The largest absolute Gasteiger partial charge is 0.494 e. The molecule has 134 valence electrons. The van der Waals surface area contributed by atoms with E-state index in [-0.39, 0.29) is 15.6 Å². The van der Waals surface area contributed by atoms with Crippen LogP contribution in [0.15, 0.2) is 24.3 Å². The molecule has 0 aliphatic carbocycles. The number of benzene rings is 2. The van der Waals surface area contributed by atoms with E-state index in [4.69, 9.17) is 39.5 Å². The number of hydrogen-bond acceptors (Lipinski definition) is 3. The first kappa shape index (κ1) is 19.7. The number of ether oxygens (including phenoxy) is 1. The Morgan fingerprint density at radius 2 is 1.76 bits per heavy atom. The van der Waals surface area contributed by atoms with Crippen molar-refractivity contribution in [3.05, 3.63) is 56.0 Å². The average molecular weight is 403 g/mol. The molecule has 0 aliphatic rings. The third-order valence-corrected chi connectivity index (χ3v) is 4.70. The molecule has 25 heavy (non-hydrogen) atoms. The molecule has 0 spiro atoms. The number of carboxylic acids is 1. The standard InChI is InChI=1S/C18H18Cl3NO3/c1-10-6-13(7-11(2)16(10)21)25-5-3-4-22-17-14(18(23)24)8-12(19)9-15(17)20/h6-9,22H,3-5H2,1-2H3,(H,23,24). The first-order valence-electron chi connectivity index (χ1n) is 7.65. The Morgan fingerprint density at radius 3 is 2.36 bits per heavy atom. The van der Waals surface area contributed by atoms with Gasteiger partial charge in [0.15, 0.2) is 0 Å². The lowest BCUT2D eigenvalue weighted by Gasteiger charge is -2.13. The third-order valence-electron chi connectivity index (χ3n) is 3.59. The van der Waals surface area contributed by atoms with E-state index < -0.39 is 5.97 Å². The molecule has 0 aromatic heterocycles. The second-order valence-electron chi connectivity index (χ2n) is 5.62. The van der Waals surface area contributed by atoms with Crippen molar-refractivity contribution in [1.29, 1.82) is 0 Å². The van der Waals surface area contributed by atoms with Crippen molar-refractivity contribution in [3.8, 4) is 5.75 Å². The highest BCUT2D eigenvalue weighted by Gasteiger charge is 2.14. The van der Waals surface area contributed by atoms with Gasteiger partial charge < -0.3 is 15.2 Å². The van der Waals surface area contributed by atoms with Crippen LogP contribution in [0.5, 0.6) is 5.75 Å². The first-order valence-corrected chi connectivity index (χ1v) is 8.78. The van der Waals surface area contributed by atoms with Gasteiger partial charge in [-0.15, -0.1) is 0 Å². The van der Waals surface area contributed by atoms with E-state index in [0.717, 1.165) is 21.9 Å². The van der Waals surface area contributed by atoms with E-state index in [2.05, 4.69) is 5.32 Å². The SMILES string of the molecule is Cc1cc(OCCCNc2c(Cl)cc(Cl)cc2C(=O)O)cc(C)c1Cl. The number of nitrogens with one attached hydrogen (secondary N) is 1. The average Bonchev–Trinajstić information content (AvgIpc) is 2.53. The van der Waals surface area contributed by atoms with Crippen molar-refractivity contribution in [2.24, 2.45) is 0 Å². The molecule has 0 atom stereocenters. The molecule has 0 unspecified atom stereocenters. The van der Waals surface area contributed by atoms with Gasteiger partial charge in [0.05, 0.1) is 22.9 Å². The van der Waals surface area contributed by atoms with Gasteiger partial charge in [0, 0.05) is 16.6 Å². The maximum Gasteiger partial charge on any atom is 0.337 e. The summed E-state index contributed by atoms with van der Waals surface area (Å²) in [4.78, 5) is 11.3. The maximum atomic E-state index is 11.3. The molecular formula is C18H18Cl3NO3. The minimum absolute atomic E-state index is 0.0439. The quantitative estimate of drug-likeness (QED) is 0.571. The van der Waals surface area contributed by atoms with Gasteiger partial charge in [-0.2, -0.15) is 0 Å². The van der Waals surface area contributed by atoms with Crippen LogP contribution < -0.4 is 10.1 Å². The summed E-state index contributed by atoms with van der Waals surface area (Å²) in [5, 5.41) is 13.6. The zero-order chi connectivity index (χ0) is 18.6. The number of carboxylic acid groups (broad SMARTS) is 1. The van der Waals surface area contributed by atoms with Crippen LogP contribution in [0, 0.1) is 13.8 Å². The minimum Gasteiger partial charge on any atom is -0.494 e. The fraction of sp³-hybridized carbons (Fsp3) is 0.278. The lowest BCUT2D eigenvalue weighted by atomic mass is 10.1. The minimum atomic E-state index is -1.09. The van der Waals surface area contributed by atoms with Crippen molar-refractivity contribution in [2.75, 3.05) is 18.5 Å². The molecule has 0 saturated carbocycles. The van der Waals surface area contributed by atoms with Gasteiger partial charge in [-0.05, 0) is 55.7 Å². The number of hydrogen-bond donors (Lipinski definition) is 2. The van der Waals surface area contributed by atoms with E-state index >= 15 is 0 Å². The Kier molecular flexibility index (Phi) is 6.82. The number of carbonyl (C=O) groups is 1. The van der Waals surface area contributed by atoms with Gasteiger partial charge in [0.25, 0.3) is 0 Å². The molecule has 0 heterocycles. The normalized spacial score (nSPS) is 10.6. The maximum absolute atomic E-state index is 11.3. The molecule has 0 amide bonds. The highest BCUT2D eigenvalue weighted by Crippen LogP contribution is 2.30. The van der Waals surface area contributed by atoms with E-state index in [1.165, 1.54) is 12.1 Å². The van der Waals surface area contributed by atoms with Gasteiger partial charge >= 0.3 is 5.97 Å². The summed E-state index contributed by atoms with van der Waals surface area (Å²) < 4.78 is 5.72. The first-order chi connectivity index (χ1) is 11.8. The van der Waals surface area contributed by atoms with Crippen LogP contribution in [0.4, 0.5) is 5.69 Å². The number of anilines is 1. The van der Waals surface area contributed by atoms with Crippen LogP contribution >= 0.6 is 34.8 Å². The summed E-state index contributed by atoms with van der Waals surface area (Å²) in [5.74, 6) is -0.328. The molecule has 0 saturated heterocycles. The molecule has 2 N–H and O–H groups in total. The predicted octanol–water partition coefficient (Wildman–Crippen LogP) is 5.84. The van der Waals surface area contributed by atoms with Gasteiger partial charge in [0.1, 0.15) is 5.75 Å². The van der Waals surface area contributed by atoms with Crippen LogP contribution in [-0.4, -0.2) is 24.2 Å². The van der Waals surface area contributed by atoms with E-state index in [1.54, 1.807) is 0 Å². The summed E-state index contributed by atoms with van der Waals surface area (Å²) in [7, 11) is 0. The lowest BCUT2D eigenvalue weighted by Crippen LogP contribution is -2.11. The van der Waals surface area contributed by atoms with Crippen LogP contribution in [0.25, 0.3) is 0 Å². The van der Waals surface area contributed by atoms with Crippen LogP contribution in [0.2, 0.25) is 15.1 Å². The molecule has 0 aliphatic heterocycles. The van der Waals surface area contributed by atoms with Crippen LogP contribution in [-0.2, 0) is 0 Å². The fourth-order valence-electron chi connectivity index (χ4n) is 2.39. The van der Waals surface area contributed by atoms with Gasteiger partial charge in [-0.25, -0.2) is 4.79 Å². The molecular weight excluding hydrogens is 385 g/mol. The summed E-state index contributed by atoms with van der Waals surface area (Å²) in [5.41, 5.74) is 2.33. The smallest absolute Gasteiger partial charge is 0.337 e. The van der Waals surface area contributed by atoms with Crippen LogP contribution in [0.1, 0.15) is 27.9 Å². The topological polar surface area (TPSA) is 58.6 Å². The van der Waals surface area contributed by atoms with Gasteiger partial charge in [-0.1, -0.05) is 34.8 Å². The second-order valence-corrected chi connectivity index (χ2v) is 6.84. The zero-order valence-corrected chi connectivity index (χ0v) is 16.1. The summed E-state index contributed by atoms with van der Waals surface area (Å²) in [6, 6.07) is 6.66. The highest BCUT2D eigenvalue weighted by molar-refractivity contribution is 6.37. The molecule has 4 nitrogen and oxygen atoms in total. The third kappa shape index (κ3) is 5.18. The molecule has 0 bridgehead atoms. The summed E-state index contributed by atoms with van der Waals surface area (Å²) in [6.45, 7) is 4.84. The molecule has 0 radical (unpaired) electrons. The van der Waals surface area contributed by atoms with Crippen molar-refractivity contribution < 1.29 is 14.6 Å². The lowest BCUT2D eigenvalue weighted by molar-refractivity contribution is 0.0698. The number of rotatable bonds is 7. The Bertz CT molecular complexity index is 770. The molecule has 0 fully saturated rings. The van der Waals surface area contributed by atoms with Gasteiger partial charge in [0.2, 0.25) is 0 Å². The summed E-state index contributed by atoms with van der Waals surface area (Å²) in [6.07, 6.45) is 0.665. The van der Waals surface area contributed by atoms with E-state index in [0.29, 0.717) is 25.3 Å². The number of aromatic carboxylic acids is 1. The van der Waals surface area contributed by atoms with Gasteiger partial charge in [-0.3, -0.25) is 0 Å². The van der Waals surface area contributed by atoms with E-state index in [9.17, 15) is 9.90 Å². The Morgan fingerprint density at radius 1 is 1.12 bits per heavy atom. The fourth-order valence-corrected chi connectivity index (χ4v) is 3.06. The van der Waals surface area contributed by atoms with E-state index in [1.807, 2.05) is 26.0 Å². The number of halogens is 3. The number of aryl methyl sites for hydroxylation is 2. The second kappa shape index (κ2) is 8.65. The monoisotopic (exact) mass is 401 g/mol. The molecule has 7 heteroatoms. The van der Waals surface area contributed by atoms with Crippen molar-refractivity contribution in [1.82, 2.24) is 0 Å². The van der Waals surface area contributed by atoms with Crippen LogP contribution in [0.3, 0.4) is 0 Å². The van der Waals surface area contributed by atoms with Crippen molar-refractivity contribution in [2.45, 2.75) is 20.3 Å². The molecule has 2 aromatic carbocycles.